The van der Waals surface area contributed by atoms with Crippen molar-refractivity contribution in [2.45, 2.75) is 26.4 Å². The largest absolute Gasteiger partial charge is 0.497 e. The molecule has 1 aromatic heterocycles. The van der Waals surface area contributed by atoms with Crippen molar-refractivity contribution >= 4 is 22.9 Å². The Balaban J connectivity index is 1.55. The molecule has 0 fully saturated rings. The van der Waals surface area contributed by atoms with Crippen molar-refractivity contribution in [1.82, 2.24) is 4.98 Å². The summed E-state index contributed by atoms with van der Waals surface area (Å²) in [6, 6.07) is 13.3. The highest BCUT2D eigenvalue weighted by Gasteiger charge is 2.33. The molecule has 2 aromatic carbocycles. The highest BCUT2D eigenvalue weighted by atomic mass is 32.1. The van der Waals surface area contributed by atoms with Crippen LogP contribution >= 0.6 is 11.3 Å². The average Bonchev–Trinajstić information content (AvgIpc) is 3.21. The van der Waals surface area contributed by atoms with Gasteiger partial charge in [0.2, 0.25) is 0 Å². The lowest BCUT2D eigenvalue weighted by molar-refractivity contribution is -0.126. The van der Waals surface area contributed by atoms with Crippen molar-refractivity contribution < 1.29 is 19.0 Å². The molecule has 1 aliphatic heterocycles. The number of methoxy groups -OCH3 is 1. The second-order valence-electron chi connectivity index (χ2n) is 6.96. The number of ether oxygens (including phenoxy) is 3. The molecule has 0 N–H and O–H groups in total. The predicted octanol–water partition coefficient (Wildman–Crippen LogP) is 4.71. The molecule has 6 nitrogen and oxygen atoms in total. The van der Waals surface area contributed by atoms with Crippen LogP contribution in [0.15, 0.2) is 47.8 Å². The van der Waals surface area contributed by atoms with Gasteiger partial charge in [-0.3, -0.25) is 4.79 Å². The predicted molar refractivity (Wildman–Crippen MR) is 118 cm³/mol. The Labute approximate surface area is 180 Å². The topological polar surface area (TPSA) is 60.9 Å². The lowest BCUT2D eigenvalue weighted by Gasteiger charge is -2.34. The minimum absolute atomic E-state index is 0.0464. The van der Waals surface area contributed by atoms with Crippen LogP contribution in [-0.4, -0.2) is 37.3 Å². The fraction of sp³-hybridized carbons (Fsp3) is 0.304. The first kappa shape index (κ1) is 20.2. The molecule has 3 aromatic rings. The van der Waals surface area contributed by atoms with Crippen LogP contribution in [0.4, 0.5) is 5.69 Å². The van der Waals surface area contributed by atoms with Crippen molar-refractivity contribution in [2.24, 2.45) is 0 Å². The van der Waals surface area contributed by atoms with Crippen LogP contribution in [0.1, 0.15) is 18.4 Å². The summed E-state index contributed by atoms with van der Waals surface area (Å²) in [5.41, 5.74) is 2.62. The number of aromatic nitrogens is 1. The molecule has 0 radical (unpaired) electrons. The van der Waals surface area contributed by atoms with E-state index in [1.807, 2.05) is 61.7 Å². The maximum atomic E-state index is 13.0. The van der Waals surface area contributed by atoms with Crippen LogP contribution in [0, 0.1) is 6.92 Å². The van der Waals surface area contributed by atoms with Gasteiger partial charge in [-0.15, -0.1) is 11.3 Å². The van der Waals surface area contributed by atoms with E-state index in [0.29, 0.717) is 25.3 Å². The number of carbonyl (C=O) groups is 1. The normalized spacial score (nSPS) is 15.5. The maximum Gasteiger partial charge on any atom is 0.268 e. The first-order valence-electron chi connectivity index (χ1n) is 9.90. The van der Waals surface area contributed by atoms with Gasteiger partial charge in [0.25, 0.3) is 5.91 Å². The molecule has 1 unspecified atom stereocenters. The number of fused-ring (bicyclic) bond motifs is 1. The third-order valence-corrected chi connectivity index (χ3v) is 5.76. The molecule has 2 heterocycles. The molecular weight excluding hydrogens is 400 g/mol. The minimum Gasteiger partial charge on any atom is -0.497 e. The van der Waals surface area contributed by atoms with E-state index in [4.69, 9.17) is 14.2 Å². The molecule has 0 bridgehead atoms. The van der Waals surface area contributed by atoms with E-state index in [-0.39, 0.29) is 5.91 Å². The minimum atomic E-state index is -0.481. The fourth-order valence-corrected chi connectivity index (χ4v) is 4.02. The molecule has 0 saturated heterocycles. The summed E-state index contributed by atoms with van der Waals surface area (Å²) in [7, 11) is 1.63. The molecule has 156 valence electrons. The number of carbonyl (C=O) groups excluding carboxylic acids is 1. The number of hydrogen-bond donors (Lipinski definition) is 0. The zero-order valence-electron chi connectivity index (χ0n) is 17.3. The van der Waals surface area contributed by atoms with Crippen LogP contribution in [-0.2, 0) is 4.79 Å². The van der Waals surface area contributed by atoms with E-state index in [1.165, 1.54) is 0 Å². The standard InChI is InChI=1S/C23H24N2O4S/c1-4-21-23(26)25(11-12-28-18-8-6-17(27-3)7-9-18)20-13-16(5-10-22(20)29-21)19-14-30-15(2)24-19/h5-10,13-14,21H,4,11-12H2,1-3H3. The monoisotopic (exact) mass is 424 g/mol. The van der Waals surface area contributed by atoms with Gasteiger partial charge in [-0.1, -0.05) is 6.92 Å². The molecule has 7 heteroatoms. The molecule has 0 spiro atoms. The molecular formula is C23H24N2O4S. The maximum absolute atomic E-state index is 13.0. The molecule has 0 saturated carbocycles. The highest BCUT2D eigenvalue weighted by Crippen LogP contribution is 2.38. The quantitative estimate of drug-likeness (QED) is 0.550. The van der Waals surface area contributed by atoms with Gasteiger partial charge in [0.05, 0.1) is 30.0 Å². The van der Waals surface area contributed by atoms with Gasteiger partial charge in [0, 0.05) is 10.9 Å². The van der Waals surface area contributed by atoms with Gasteiger partial charge in [0.1, 0.15) is 23.9 Å². The van der Waals surface area contributed by atoms with Crippen molar-refractivity contribution in [3.05, 3.63) is 52.9 Å². The summed E-state index contributed by atoms with van der Waals surface area (Å²) < 4.78 is 17.0. The molecule has 4 rings (SSSR count). The molecule has 1 atom stereocenters. The third-order valence-electron chi connectivity index (χ3n) is 4.99. The summed E-state index contributed by atoms with van der Waals surface area (Å²) in [4.78, 5) is 19.3. The van der Waals surface area contributed by atoms with Gasteiger partial charge in [-0.2, -0.15) is 0 Å². The van der Waals surface area contributed by atoms with E-state index in [0.717, 1.165) is 33.5 Å². The Morgan fingerprint density at radius 2 is 1.93 bits per heavy atom. The van der Waals surface area contributed by atoms with Crippen LogP contribution < -0.4 is 19.1 Å². The Bertz CT molecular complexity index is 1030. The average molecular weight is 425 g/mol. The Morgan fingerprint density at radius 3 is 2.60 bits per heavy atom. The molecule has 1 amide bonds. The van der Waals surface area contributed by atoms with Crippen molar-refractivity contribution in [1.29, 1.82) is 0 Å². The lowest BCUT2D eigenvalue weighted by atomic mass is 10.1. The lowest BCUT2D eigenvalue weighted by Crippen LogP contribution is -2.47. The number of benzene rings is 2. The smallest absolute Gasteiger partial charge is 0.268 e. The number of thiazole rings is 1. The van der Waals surface area contributed by atoms with E-state index in [2.05, 4.69) is 4.98 Å². The number of aryl methyl sites for hydroxylation is 1. The third kappa shape index (κ3) is 4.11. The van der Waals surface area contributed by atoms with Gasteiger partial charge < -0.3 is 19.1 Å². The summed E-state index contributed by atoms with van der Waals surface area (Å²) in [6.45, 7) is 4.73. The van der Waals surface area contributed by atoms with E-state index >= 15 is 0 Å². The van der Waals surface area contributed by atoms with E-state index in [1.54, 1.807) is 23.3 Å². The van der Waals surface area contributed by atoms with Crippen molar-refractivity contribution in [3.63, 3.8) is 0 Å². The number of nitrogens with zero attached hydrogens (tertiary/aromatic N) is 2. The zero-order valence-corrected chi connectivity index (χ0v) is 18.1. The Hall–Kier alpha value is -3.06. The zero-order chi connectivity index (χ0) is 21.1. The van der Waals surface area contributed by atoms with Gasteiger partial charge >= 0.3 is 0 Å². The second-order valence-corrected chi connectivity index (χ2v) is 8.03. The summed E-state index contributed by atoms with van der Waals surface area (Å²) in [5.74, 6) is 2.17. The van der Waals surface area contributed by atoms with Crippen LogP contribution in [0.3, 0.4) is 0 Å². The summed E-state index contributed by atoms with van der Waals surface area (Å²) in [5, 5.41) is 3.03. The Morgan fingerprint density at radius 1 is 1.17 bits per heavy atom. The molecule has 30 heavy (non-hydrogen) atoms. The first-order chi connectivity index (χ1) is 14.6. The summed E-state index contributed by atoms with van der Waals surface area (Å²) >= 11 is 1.60. The first-order valence-corrected chi connectivity index (χ1v) is 10.8. The van der Waals surface area contributed by atoms with E-state index < -0.39 is 6.10 Å². The SMILES string of the molecule is CCC1Oc2ccc(-c3csc(C)n3)cc2N(CCOc2ccc(OC)cc2)C1=O. The van der Waals surface area contributed by atoms with Crippen molar-refractivity contribution in [3.8, 4) is 28.5 Å². The number of hydrogen-bond acceptors (Lipinski definition) is 6. The number of rotatable bonds is 7. The second kappa shape index (κ2) is 8.75. The molecule has 0 aliphatic carbocycles. The Kier molecular flexibility index (Phi) is 5.90. The van der Waals surface area contributed by atoms with Gasteiger partial charge in [-0.25, -0.2) is 4.98 Å². The van der Waals surface area contributed by atoms with Crippen LogP contribution in [0.5, 0.6) is 17.2 Å². The van der Waals surface area contributed by atoms with Crippen LogP contribution in [0.25, 0.3) is 11.3 Å². The van der Waals surface area contributed by atoms with Crippen molar-refractivity contribution in [2.75, 3.05) is 25.2 Å². The van der Waals surface area contributed by atoms with Gasteiger partial charge in [-0.05, 0) is 55.8 Å². The molecule has 1 aliphatic rings. The number of amides is 1. The fourth-order valence-electron chi connectivity index (χ4n) is 3.39. The van der Waals surface area contributed by atoms with Crippen LogP contribution in [0.2, 0.25) is 0 Å². The highest BCUT2D eigenvalue weighted by molar-refractivity contribution is 7.09. The number of anilines is 1. The van der Waals surface area contributed by atoms with Gasteiger partial charge in [0.15, 0.2) is 6.10 Å². The summed E-state index contributed by atoms with van der Waals surface area (Å²) in [6.07, 6.45) is 0.132. The van der Waals surface area contributed by atoms with E-state index in [9.17, 15) is 4.79 Å².